The molecule has 2 aliphatic heterocycles. The average Bonchev–Trinajstić information content (AvgIpc) is 2.82. The predicted molar refractivity (Wildman–Crippen MR) is 81.8 cm³/mol. The summed E-state index contributed by atoms with van der Waals surface area (Å²) in [4.78, 5) is 16.5. The van der Waals surface area contributed by atoms with Gasteiger partial charge in [0.1, 0.15) is 11.5 Å². The third-order valence-electron chi connectivity index (χ3n) is 4.95. The molecule has 1 amide bonds. The van der Waals surface area contributed by atoms with E-state index in [1.807, 2.05) is 31.7 Å². The Morgan fingerprint density at radius 3 is 2.48 bits per heavy atom. The fraction of sp³-hybridized carbons (Fsp3) is 0.706. The summed E-state index contributed by atoms with van der Waals surface area (Å²) in [5.41, 5.74) is 0.403. The van der Waals surface area contributed by atoms with Crippen molar-refractivity contribution in [1.82, 2.24) is 9.80 Å². The zero-order chi connectivity index (χ0) is 15.0. The van der Waals surface area contributed by atoms with Crippen LogP contribution in [0, 0.1) is 18.3 Å². The van der Waals surface area contributed by atoms with Crippen LogP contribution < -0.4 is 0 Å². The Morgan fingerprint density at radius 2 is 1.95 bits per heavy atom. The summed E-state index contributed by atoms with van der Waals surface area (Å²) in [6.07, 6.45) is 2.41. The van der Waals surface area contributed by atoms with Crippen molar-refractivity contribution in [2.24, 2.45) is 11.3 Å². The summed E-state index contributed by atoms with van der Waals surface area (Å²) < 4.78 is 5.66. The number of hydrogen-bond donors (Lipinski definition) is 0. The van der Waals surface area contributed by atoms with Crippen molar-refractivity contribution in [3.05, 3.63) is 23.7 Å². The van der Waals surface area contributed by atoms with Crippen molar-refractivity contribution in [3.63, 3.8) is 0 Å². The van der Waals surface area contributed by atoms with E-state index in [0.29, 0.717) is 11.3 Å². The molecule has 2 aliphatic rings. The molecule has 1 aromatic rings. The molecule has 1 spiro atoms. The standard InChI is InChI=1S/C17H26N2O2/c1-13(2)16(20)19-11-17(12-19)6-8-18(9-7-17)10-15-5-4-14(3)21-15/h4-5,13H,6-12H2,1-3H3. The highest BCUT2D eigenvalue weighted by Crippen LogP contribution is 2.41. The van der Waals surface area contributed by atoms with E-state index in [2.05, 4.69) is 11.0 Å². The molecule has 21 heavy (non-hydrogen) atoms. The van der Waals surface area contributed by atoms with Crippen molar-refractivity contribution in [3.8, 4) is 0 Å². The Kier molecular flexibility index (Phi) is 3.82. The van der Waals surface area contributed by atoms with Gasteiger partial charge in [0.2, 0.25) is 5.91 Å². The van der Waals surface area contributed by atoms with E-state index >= 15 is 0 Å². The maximum Gasteiger partial charge on any atom is 0.225 e. The van der Waals surface area contributed by atoms with E-state index in [-0.39, 0.29) is 5.92 Å². The topological polar surface area (TPSA) is 36.7 Å². The van der Waals surface area contributed by atoms with Crippen LogP contribution in [0.1, 0.15) is 38.2 Å². The molecular formula is C17H26N2O2. The second kappa shape index (κ2) is 5.48. The lowest BCUT2D eigenvalue weighted by Crippen LogP contribution is -2.62. The quantitative estimate of drug-likeness (QED) is 0.859. The smallest absolute Gasteiger partial charge is 0.225 e. The molecule has 1 aromatic heterocycles. The zero-order valence-electron chi connectivity index (χ0n) is 13.4. The Morgan fingerprint density at radius 1 is 1.29 bits per heavy atom. The SMILES string of the molecule is Cc1ccc(CN2CCC3(CC2)CN(C(=O)C(C)C)C3)o1. The molecule has 0 radical (unpaired) electrons. The highest BCUT2D eigenvalue weighted by atomic mass is 16.3. The maximum absolute atomic E-state index is 12.0. The third-order valence-corrected chi connectivity index (χ3v) is 4.95. The number of carbonyl (C=O) groups excluding carboxylic acids is 1. The number of aryl methyl sites for hydroxylation is 1. The molecule has 0 unspecified atom stereocenters. The third kappa shape index (κ3) is 3.00. The molecule has 0 bridgehead atoms. The average molecular weight is 290 g/mol. The first kappa shape index (κ1) is 14.6. The van der Waals surface area contributed by atoms with E-state index in [1.165, 1.54) is 12.8 Å². The predicted octanol–water partition coefficient (Wildman–Crippen LogP) is 2.67. The van der Waals surface area contributed by atoms with E-state index in [1.54, 1.807) is 0 Å². The van der Waals surface area contributed by atoms with Crippen LogP contribution in [0.15, 0.2) is 16.5 Å². The van der Waals surface area contributed by atoms with Crippen molar-refractivity contribution >= 4 is 5.91 Å². The van der Waals surface area contributed by atoms with Gasteiger partial charge >= 0.3 is 0 Å². The van der Waals surface area contributed by atoms with Crippen LogP contribution in [0.5, 0.6) is 0 Å². The van der Waals surface area contributed by atoms with Gasteiger partial charge in [-0.2, -0.15) is 0 Å². The van der Waals surface area contributed by atoms with Crippen LogP contribution >= 0.6 is 0 Å². The minimum absolute atomic E-state index is 0.129. The van der Waals surface area contributed by atoms with Gasteiger partial charge < -0.3 is 9.32 Å². The first-order chi connectivity index (χ1) is 9.97. The summed E-state index contributed by atoms with van der Waals surface area (Å²) in [6, 6.07) is 4.11. The lowest BCUT2D eigenvalue weighted by Gasteiger charge is -2.54. The number of piperidine rings is 1. The zero-order valence-corrected chi connectivity index (χ0v) is 13.4. The van der Waals surface area contributed by atoms with E-state index in [9.17, 15) is 4.79 Å². The van der Waals surface area contributed by atoms with Crippen molar-refractivity contribution in [1.29, 1.82) is 0 Å². The highest BCUT2D eigenvalue weighted by molar-refractivity contribution is 5.79. The lowest BCUT2D eigenvalue weighted by molar-refractivity contribution is -0.150. The van der Waals surface area contributed by atoms with Crippen LogP contribution in [-0.2, 0) is 11.3 Å². The largest absolute Gasteiger partial charge is 0.465 e. The molecule has 4 nitrogen and oxygen atoms in total. The van der Waals surface area contributed by atoms with Crippen LogP contribution in [0.25, 0.3) is 0 Å². The first-order valence-corrected chi connectivity index (χ1v) is 8.04. The molecule has 0 N–H and O–H groups in total. The summed E-state index contributed by atoms with van der Waals surface area (Å²) in [7, 11) is 0. The normalized spacial score (nSPS) is 21.8. The first-order valence-electron chi connectivity index (χ1n) is 8.04. The van der Waals surface area contributed by atoms with Crippen molar-refractivity contribution < 1.29 is 9.21 Å². The molecule has 3 rings (SSSR count). The van der Waals surface area contributed by atoms with Gasteiger partial charge in [-0.15, -0.1) is 0 Å². The molecule has 0 aliphatic carbocycles. The molecule has 4 heteroatoms. The van der Waals surface area contributed by atoms with Crippen LogP contribution in [0.2, 0.25) is 0 Å². The molecule has 0 aromatic carbocycles. The summed E-state index contributed by atoms with van der Waals surface area (Å²) in [5, 5.41) is 0. The van der Waals surface area contributed by atoms with E-state index in [4.69, 9.17) is 4.42 Å². The number of furan rings is 1. The van der Waals surface area contributed by atoms with Gasteiger partial charge in [-0.1, -0.05) is 13.8 Å². The van der Waals surface area contributed by atoms with Gasteiger partial charge in [0.05, 0.1) is 6.54 Å². The van der Waals surface area contributed by atoms with E-state index in [0.717, 1.165) is 44.2 Å². The van der Waals surface area contributed by atoms with Gasteiger partial charge in [0.15, 0.2) is 0 Å². The number of rotatable bonds is 3. The van der Waals surface area contributed by atoms with Crippen LogP contribution in [0.3, 0.4) is 0 Å². The maximum atomic E-state index is 12.0. The molecule has 2 saturated heterocycles. The number of likely N-dealkylation sites (tertiary alicyclic amines) is 2. The Balaban J connectivity index is 1.47. The van der Waals surface area contributed by atoms with Gasteiger partial charge in [-0.05, 0) is 45.0 Å². The minimum atomic E-state index is 0.129. The molecule has 0 atom stereocenters. The molecular weight excluding hydrogens is 264 g/mol. The summed E-state index contributed by atoms with van der Waals surface area (Å²) >= 11 is 0. The Labute approximate surface area is 127 Å². The summed E-state index contributed by atoms with van der Waals surface area (Å²) in [5.74, 6) is 2.49. The number of carbonyl (C=O) groups is 1. The number of nitrogens with zero attached hydrogens (tertiary/aromatic N) is 2. The minimum Gasteiger partial charge on any atom is -0.465 e. The lowest BCUT2D eigenvalue weighted by atomic mass is 9.71. The van der Waals surface area contributed by atoms with E-state index < -0.39 is 0 Å². The van der Waals surface area contributed by atoms with Crippen LogP contribution in [0.4, 0.5) is 0 Å². The van der Waals surface area contributed by atoms with Gasteiger partial charge in [0, 0.05) is 24.4 Å². The fourth-order valence-electron chi connectivity index (χ4n) is 3.58. The fourth-order valence-corrected chi connectivity index (χ4v) is 3.58. The summed E-state index contributed by atoms with van der Waals surface area (Å²) in [6.45, 7) is 11.0. The van der Waals surface area contributed by atoms with Crippen LogP contribution in [-0.4, -0.2) is 41.9 Å². The number of amides is 1. The molecule has 0 saturated carbocycles. The highest BCUT2D eigenvalue weighted by Gasteiger charge is 2.46. The van der Waals surface area contributed by atoms with Gasteiger partial charge in [0.25, 0.3) is 0 Å². The van der Waals surface area contributed by atoms with Crippen molar-refractivity contribution in [2.45, 2.75) is 40.2 Å². The second-order valence-electron chi connectivity index (χ2n) is 7.14. The Hall–Kier alpha value is -1.29. The number of hydrogen-bond acceptors (Lipinski definition) is 3. The van der Waals surface area contributed by atoms with Gasteiger partial charge in [-0.25, -0.2) is 0 Å². The molecule has 3 heterocycles. The second-order valence-corrected chi connectivity index (χ2v) is 7.14. The molecule has 2 fully saturated rings. The Bertz CT molecular complexity index is 505. The van der Waals surface area contributed by atoms with Crippen molar-refractivity contribution in [2.75, 3.05) is 26.2 Å². The molecule has 116 valence electrons. The monoisotopic (exact) mass is 290 g/mol. The van der Waals surface area contributed by atoms with Gasteiger partial charge in [-0.3, -0.25) is 9.69 Å².